The Morgan fingerprint density at radius 1 is 1.43 bits per heavy atom. The molecule has 0 aliphatic carbocycles. The molecule has 1 aliphatic rings. The number of nitrogens with two attached hydrogens (primary N) is 1. The highest BCUT2D eigenvalue weighted by Gasteiger charge is 2.22. The number of anilines is 1. The minimum Gasteiger partial charge on any atom is -0.370 e. The standard InChI is InChI=1S/C18H30N4.HI/c1-4-15-6-5-7-17(10-15)21-18(19)20-11-16-8-9-22(13-16)12-14(2)3;/h5-7,10,14,16H,4,8-9,11-13H2,1-3H3,(H3,19,20,21);1H. The van der Waals surface area contributed by atoms with Gasteiger partial charge in [0.1, 0.15) is 0 Å². The van der Waals surface area contributed by atoms with Crippen molar-refractivity contribution in [2.75, 3.05) is 31.5 Å². The number of hydrogen-bond acceptors (Lipinski definition) is 2. The summed E-state index contributed by atoms with van der Waals surface area (Å²) in [6.07, 6.45) is 2.26. The predicted octanol–water partition coefficient (Wildman–Crippen LogP) is 3.57. The monoisotopic (exact) mass is 430 g/mol. The number of nitrogens with zero attached hydrogens (tertiary/aromatic N) is 2. The Morgan fingerprint density at radius 3 is 2.91 bits per heavy atom. The lowest BCUT2D eigenvalue weighted by atomic mass is 10.1. The molecule has 1 unspecified atom stereocenters. The van der Waals surface area contributed by atoms with Crippen molar-refractivity contribution in [2.45, 2.75) is 33.6 Å². The second kappa shape index (κ2) is 10.1. The van der Waals surface area contributed by atoms with E-state index in [9.17, 15) is 0 Å². The normalized spacial score (nSPS) is 19.0. The summed E-state index contributed by atoms with van der Waals surface area (Å²) in [7, 11) is 0. The molecule has 1 fully saturated rings. The van der Waals surface area contributed by atoms with Crippen molar-refractivity contribution >= 4 is 35.6 Å². The number of guanidine groups is 1. The van der Waals surface area contributed by atoms with Crippen LogP contribution in [0.1, 0.15) is 32.8 Å². The number of hydrogen-bond donors (Lipinski definition) is 2. The van der Waals surface area contributed by atoms with Gasteiger partial charge in [0.2, 0.25) is 0 Å². The molecule has 4 nitrogen and oxygen atoms in total. The zero-order valence-electron chi connectivity index (χ0n) is 14.6. The number of rotatable bonds is 6. The van der Waals surface area contributed by atoms with Gasteiger partial charge in [0, 0.05) is 25.3 Å². The average Bonchev–Trinajstić information content (AvgIpc) is 2.92. The fourth-order valence-electron chi connectivity index (χ4n) is 3.03. The van der Waals surface area contributed by atoms with E-state index in [0.717, 1.165) is 31.1 Å². The van der Waals surface area contributed by atoms with Crippen LogP contribution in [0.5, 0.6) is 0 Å². The van der Waals surface area contributed by atoms with Crippen LogP contribution in [0.3, 0.4) is 0 Å². The van der Waals surface area contributed by atoms with Crippen molar-refractivity contribution in [1.82, 2.24) is 4.90 Å². The average molecular weight is 430 g/mol. The molecule has 1 aromatic rings. The van der Waals surface area contributed by atoms with Crippen molar-refractivity contribution in [3.8, 4) is 0 Å². The minimum atomic E-state index is 0. The van der Waals surface area contributed by atoms with Gasteiger partial charge in [-0.1, -0.05) is 32.9 Å². The molecule has 1 heterocycles. The minimum absolute atomic E-state index is 0. The molecule has 0 radical (unpaired) electrons. The molecule has 1 saturated heterocycles. The van der Waals surface area contributed by atoms with Crippen molar-refractivity contribution < 1.29 is 0 Å². The van der Waals surface area contributed by atoms with E-state index in [1.54, 1.807) is 0 Å². The summed E-state index contributed by atoms with van der Waals surface area (Å²) in [5.74, 6) is 1.90. The van der Waals surface area contributed by atoms with E-state index in [2.05, 4.69) is 54.2 Å². The summed E-state index contributed by atoms with van der Waals surface area (Å²) >= 11 is 0. The number of benzene rings is 1. The van der Waals surface area contributed by atoms with Crippen LogP contribution in [0.4, 0.5) is 5.69 Å². The molecule has 0 saturated carbocycles. The van der Waals surface area contributed by atoms with Gasteiger partial charge in [-0.25, -0.2) is 0 Å². The molecular weight excluding hydrogens is 399 g/mol. The Hall–Kier alpha value is -0.820. The molecule has 2 rings (SSSR count). The number of halogens is 1. The van der Waals surface area contributed by atoms with Gasteiger partial charge < -0.3 is 16.0 Å². The van der Waals surface area contributed by atoms with Crippen molar-refractivity contribution in [1.29, 1.82) is 0 Å². The Balaban J connectivity index is 0.00000264. The molecular formula is C18H31IN4. The third-order valence-corrected chi connectivity index (χ3v) is 4.12. The van der Waals surface area contributed by atoms with Gasteiger partial charge in [0.25, 0.3) is 0 Å². The second-order valence-electron chi connectivity index (χ2n) is 6.71. The smallest absolute Gasteiger partial charge is 0.193 e. The first-order chi connectivity index (χ1) is 10.6. The predicted molar refractivity (Wildman–Crippen MR) is 111 cm³/mol. The van der Waals surface area contributed by atoms with E-state index in [0.29, 0.717) is 11.9 Å². The van der Waals surface area contributed by atoms with Gasteiger partial charge in [-0.3, -0.25) is 4.99 Å². The zero-order chi connectivity index (χ0) is 15.9. The highest BCUT2D eigenvalue weighted by atomic mass is 127. The van der Waals surface area contributed by atoms with E-state index >= 15 is 0 Å². The highest BCUT2D eigenvalue weighted by Crippen LogP contribution is 2.17. The molecule has 0 bridgehead atoms. The van der Waals surface area contributed by atoms with Crippen LogP contribution in [0.25, 0.3) is 0 Å². The van der Waals surface area contributed by atoms with Gasteiger partial charge in [-0.05, 0) is 48.9 Å². The maximum Gasteiger partial charge on any atom is 0.193 e. The molecule has 5 heteroatoms. The van der Waals surface area contributed by atoms with E-state index in [-0.39, 0.29) is 24.0 Å². The Morgan fingerprint density at radius 2 is 2.22 bits per heavy atom. The largest absolute Gasteiger partial charge is 0.370 e. The molecule has 1 aliphatic heterocycles. The van der Waals surface area contributed by atoms with Crippen LogP contribution in [0, 0.1) is 11.8 Å². The number of aliphatic imine (C=N–C) groups is 1. The van der Waals surface area contributed by atoms with Crippen LogP contribution in [-0.2, 0) is 6.42 Å². The molecule has 1 aromatic carbocycles. The summed E-state index contributed by atoms with van der Waals surface area (Å²) in [5, 5.41) is 3.20. The molecule has 0 amide bonds. The van der Waals surface area contributed by atoms with Gasteiger partial charge in [0.15, 0.2) is 5.96 Å². The molecule has 130 valence electrons. The van der Waals surface area contributed by atoms with Gasteiger partial charge in [-0.2, -0.15) is 0 Å². The Bertz CT molecular complexity index is 502. The first-order valence-electron chi connectivity index (χ1n) is 8.45. The highest BCUT2D eigenvalue weighted by molar-refractivity contribution is 14.0. The fourth-order valence-corrected chi connectivity index (χ4v) is 3.03. The summed E-state index contributed by atoms with van der Waals surface area (Å²) in [6.45, 7) is 11.1. The second-order valence-corrected chi connectivity index (χ2v) is 6.71. The lowest BCUT2D eigenvalue weighted by molar-refractivity contribution is 0.288. The van der Waals surface area contributed by atoms with E-state index in [1.165, 1.54) is 25.1 Å². The summed E-state index contributed by atoms with van der Waals surface area (Å²) < 4.78 is 0. The molecule has 0 spiro atoms. The van der Waals surface area contributed by atoms with Crippen molar-refractivity contribution in [2.24, 2.45) is 22.6 Å². The molecule has 1 atom stereocenters. The first-order valence-corrected chi connectivity index (χ1v) is 8.45. The number of likely N-dealkylation sites (tertiary alicyclic amines) is 1. The van der Waals surface area contributed by atoms with Crippen LogP contribution in [0.15, 0.2) is 29.3 Å². The Labute approximate surface area is 157 Å². The van der Waals surface area contributed by atoms with Gasteiger partial charge in [-0.15, -0.1) is 24.0 Å². The van der Waals surface area contributed by atoms with Crippen LogP contribution in [0.2, 0.25) is 0 Å². The summed E-state index contributed by atoms with van der Waals surface area (Å²) in [5.41, 5.74) is 8.34. The van der Waals surface area contributed by atoms with E-state index in [4.69, 9.17) is 5.73 Å². The lowest BCUT2D eigenvalue weighted by Crippen LogP contribution is -2.27. The number of nitrogens with one attached hydrogen (secondary N) is 1. The van der Waals surface area contributed by atoms with Crippen LogP contribution >= 0.6 is 24.0 Å². The first kappa shape index (κ1) is 20.2. The summed E-state index contributed by atoms with van der Waals surface area (Å²) in [4.78, 5) is 7.07. The van der Waals surface area contributed by atoms with Crippen molar-refractivity contribution in [3.05, 3.63) is 29.8 Å². The van der Waals surface area contributed by atoms with E-state index in [1.807, 2.05) is 6.07 Å². The zero-order valence-corrected chi connectivity index (χ0v) is 16.9. The third kappa shape index (κ3) is 7.08. The fraction of sp³-hybridized carbons (Fsp3) is 0.611. The Kier molecular flexibility index (Phi) is 8.91. The number of aryl methyl sites for hydroxylation is 1. The molecule has 23 heavy (non-hydrogen) atoms. The van der Waals surface area contributed by atoms with Crippen LogP contribution < -0.4 is 11.1 Å². The summed E-state index contributed by atoms with van der Waals surface area (Å²) in [6, 6.07) is 8.33. The maximum atomic E-state index is 6.02. The lowest BCUT2D eigenvalue weighted by Gasteiger charge is -2.17. The van der Waals surface area contributed by atoms with Gasteiger partial charge >= 0.3 is 0 Å². The topological polar surface area (TPSA) is 53.6 Å². The van der Waals surface area contributed by atoms with Crippen molar-refractivity contribution in [3.63, 3.8) is 0 Å². The molecule has 0 aromatic heterocycles. The SMILES string of the molecule is CCc1cccc(NC(N)=NCC2CCN(CC(C)C)C2)c1.I. The quantitative estimate of drug-likeness (QED) is 0.412. The maximum absolute atomic E-state index is 6.02. The van der Waals surface area contributed by atoms with Crippen LogP contribution in [-0.4, -0.2) is 37.0 Å². The van der Waals surface area contributed by atoms with Gasteiger partial charge in [0.05, 0.1) is 0 Å². The molecule has 3 N–H and O–H groups in total. The van der Waals surface area contributed by atoms with E-state index < -0.39 is 0 Å². The third-order valence-electron chi connectivity index (χ3n) is 4.12.